The number of piperazine rings is 1. The topological polar surface area (TPSA) is 63.5 Å². The number of hydrogen-bond donors (Lipinski definition) is 0. The molecule has 0 aliphatic carbocycles. The third-order valence-corrected chi connectivity index (χ3v) is 6.80. The number of carbonyl (C=O) groups is 1. The number of halogens is 2. The van der Waals surface area contributed by atoms with E-state index in [0.717, 1.165) is 33.8 Å². The van der Waals surface area contributed by atoms with Gasteiger partial charge >= 0.3 is 0 Å². The van der Waals surface area contributed by atoms with E-state index in [1.165, 1.54) is 0 Å². The van der Waals surface area contributed by atoms with Gasteiger partial charge in [-0.1, -0.05) is 17.7 Å². The number of ether oxygens (including phenoxy) is 1. The van der Waals surface area contributed by atoms with E-state index in [9.17, 15) is 4.79 Å². The molecule has 0 N–H and O–H groups in total. The van der Waals surface area contributed by atoms with Gasteiger partial charge in [-0.3, -0.25) is 14.5 Å². The number of carbonyl (C=O) groups excluding carboxylic acids is 1. The average Bonchev–Trinajstić information content (AvgIpc) is 3.08. The molecule has 162 valence electrons. The first kappa shape index (κ1) is 21.9. The largest absolute Gasteiger partial charge is 0.496 e. The van der Waals surface area contributed by atoms with Crippen molar-refractivity contribution in [3.8, 4) is 17.1 Å². The van der Waals surface area contributed by atoms with E-state index >= 15 is 0 Å². The second-order valence-corrected chi connectivity index (χ2v) is 8.85. The molecule has 0 atom stereocenters. The number of methoxy groups -OCH3 is 1. The highest BCUT2D eigenvalue weighted by Crippen LogP contribution is 2.29. The Hall–Kier alpha value is -2.33. The summed E-state index contributed by atoms with van der Waals surface area (Å²) in [6.07, 6.45) is 1.70. The summed E-state index contributed by atoms with van der Waals surface area (Å²) in [6, 6.07) is 11.8. The van der Waals surface area contributed by atoms with E-state index in [2.05, 4.69) is 49.7 Å². The summed E-state index contributed by atoms with van der Waals surface area (Å²) >= 11 is 8.74. The summed E-state index contributed by atoms with van der Waals surface area (Å²) in [4.78, 5) is 21.4. The predicted molar refractivity (Wildman–Crippen MR) is 130 cm³/mol. The van der Waals surface area contributed by atoms with Crippen molar-refractivity contribution in [2.24, 2.45) is 0 Å². The third-order valence-electron chi connectivity index (χ3n) is 5.46. The molecule has 0 saturated carbocycles. The van der Waals surface area contributed by atoms with Crippen molar-refractivity contribution >= 4 is 45.8 Å². The molecule has 1 saturated heterocycles. The molecule has 1 aliphatic rings. The lowest BCUT2D eigenvalue weighted by molar-refractivity contribution is -0.132. The molecule has 3 heterocycles. The predicted octanol–water partition coefficient (Wildman–Crippen LogP) is 3.87. The van der Waals surface area contributed by atoms with Crippen molar-refractivity contribution in [2.45, 2.75) is 13.5 Å². The van der Waals surface area contributed by atoms with Crippen LogP contribution < -0.4 is 9.64 Å². The maximum atomic E-state index is 12.9. The fourth-order valence-electron chi connectivity index (χ4n) is 3.63. The van der Waals surface area contributed by atoms with Gasteiger partial charge in [0.15, 0.2) is 0 Å². The Kier molecular flexibility index (Phi) is 6.66. The summed E-state index contributed by atoms with van der Waals surface area (Å²) in [5, 5.41) is 5.09. The first-order chi connectivity index (χ1) is 15.0. The normalized spacial score (nSPS) is 14.1. The maximum Gasteiger partial charge on any atom is 0.244 e. The molecule has 1 aliphatic heterocycles. The van der Waals surface area contributed by atoms with E-state index in [1.807, 2.05) is 36.1 Å². The molecule has 9 heteroatoms. The van der Waals surface area contributed by atoms with Crippen LogP contribution in [0, 0.1) is 10.5 Å². The van der Waals surface area contributed by atoms with Crippen LogP contribution in [0.1, 0.15) is 5.69 Å². The molecule has 0 unspecified atom stereocenters. The van der Waals surface area contributed by atoms with Crippen LogP contribution in [0.3, 0.4) is 0 Å². The van der Waals surface area contributed by atoms with E-state index < -0.39 is 0 Å². The second kappa shape index (κ2) is 9.44. The molecule has 0 bridgehead atoms. The zero-order valence-electron chi connectivity index (χ0n) is 17.4. The van der Waals surface area contributed by atoms with Gasteiger partial charge in [0.25, 0.3) is 0 Å². The first-order valence-corrected chi connectivity index (χ1v) is 11.4. The Morgan fingerprint density at radius 3 is 2.65 bits per heavy atom. The average molecular weight is 552 g/mol. The first-order valence-electron chi connectivity index (χ1n) is 9.98. The SMILES string of the molecule is COc1cc(N2CCN(C(=O)Cn3nc(-c4ccccn4)c(Cl)c3C)CC2)ccc1I. The third kappa shape index (κ3) is 4.64. The zero-order valence-corrected chi connectivity index (χ0v) is 20.3. The minimum absolute atomic E-state index is 0.0367. The number of anilines is 1. The van der Waals surface area contributed by atoms with Crippen LogP contribution >= 0.6 is 34.2 Å². The number of benzene rings is 1. The van der Waals surface area contributed by atoms with Crippen LogP contribution in [0.15, 0.2) is 42.6 Å². The lowest BCUT2D eigenvalue weighted by Gasteiger charge is -2.36. The summed E-state index contributed by atoms with van der Waals surface area (Å²) in [7, 11) is 1.68. The number of aromatic nitrogens is 3. The Morgan fingerprint density at radius 1 is 1.19 bits per heavy atom. The number of nitrogens with zero attached hydrogens (tertiary/aromatic N) is 5. The van der Waals surface area contributed by atoms with Crippen molar-refractivity contribution in [1.29, 1.82) is 0 Å². The minimum atomic E-state index is 0.0367. The van der Waals surface area contributed by atoms with Crippen LogP contribution in [0.2, 0.25) is 5.02 Å². The van der Waals surface area contributed by atoms with Crippen LogP contribution in [-0.2, 0) is 11.3 Å². The van der Waals surface area contributed by atoms with Crippen LogP contribution in [0.25, 0.3) is 11.4 Å². The summed E-state index contributed by atoms with van der Waals surface area (Å²) in [6.45, 7) is 4.90. The fraction of sp³-hybridized carbons (Fsp3) is 0.318. The Labute approximate surface area is 200 Å². The lowest BCUT2D eigenvalue weighted by Crippen LogP contribution is -2.49. The fourth-order valence-corrected chi connectivity index (χ4v) is 4.42. The molecule has 1 fully saturated rings. The van der Waals surface area contributed by atoms with Gasteiger partial charge in [-0.05, 0) is 53.8 Å². The highest BCUT2D eigenvalue weighted by atomic mass is 127. The second-order valence-electron chi connectivity index (χ2n) is 7.31. The highest BCUT2D eigenvalue weighted by molar-refractivity contribution is 14.1. The highest BCUT2D eigenvalue weighted by Gasteiger charge is 2.24. The van der Waals surface area contributed by atoms with Gasteiger partial charge in [-0.2, -0.15) is 5.10 Å². The lowest BCUT2D eigenvalue weighted by atomic mass is 10.2. The molecule has 1 aromatic carbocycles. The molecule has 31 heavy (non-hydrogen) atoms. The molecule has 2 aromatic heterocycles. The van der Waals surface area contributed by atoms with Crippen molar-refractivity contribution < 1.29 is 9.53 Å². The van der Waals surface area contributed by atoms with E-state index in [0.29, 0.717) is 29.5 Å². The quantitative estimate of drug-likeness (QED) is 0.451. The molecule has 0 spiro atoms. The van der Waals surface area contributed by atoms with Crippen molar-refractivity contribution in [3.63, 3.8) is 0 Å². The van der Waals surface area contributed by atoms with Crippen LogP contribution in [0.4, 0.5) is 5.69 Å². The Bertz CT molecular complexity index is 1080. The summed E-state index contributed by atoms with van der Waals surface area (Å²) in [5.41, 5.74) is 3.17. The van der Waals surface area contributed by atoms with E-state index in [-0.39, 0.29) is 12.5 Å². The Morgan fingerprint density at radius 2 is 1.97 bits per heavy atom. The van der Waals surface area contributed by atoms with Crippen molar-refractivity contribution in [3.05, 3.63) is 56.9 Å². The smallest absolute Gasteiger partial charge is 0.244 e. The van der Waals surface area contributed by atoms with Gasteiger partial charge in [0.1, 0.15) is 18.0 Å². The van der Waals surface area contributed by atoms with Gasteiger partial charge < -0.3 is 14.5 Å². The molecular weight excluding hydrogens is 529 g/mol. The van der Waals surface area contributed by atoms with Gasteiger partial charge in [-0.15, -0.1) is 0 Å². The number of hydrogen-bond acceptors (Lipinski definition) is 5. The zero-order chi connectivity index (χ0) is 22.0. The number of pyridine rings is 1. The molecule has 1 amide bonds. The van der Waals surface area contributed by atoms with Gasteiger partial charge in [0.05, 0.1) is 27.1 Å². The Balaban J connectivity index is 1.41. The number of rotatable bonds is 5. The van der Waals surface area contributed by atoms with E-state index in [4.69, 9.17) is 16.3 Å². The summed E-state index contributed by atoms with van der Waals surface area (Å²) in [5.74, 6) is 0.904. The van der Waals surface area contributed by atoms with Crippen molar-refractivity contribution in [2.75, 3.05) is 38.2 Å². The number of amides is 1. The molecule has 0 radical (unpaired) electrons. The summed E-state index contributed by atoms with van der Waals surface area (Å²) < 4.78 is 8.18. The van der Waals surface area contributed by atoms with Crippen LogP contribution in [0.5, 0.6) is 5.75 Å². The van der Waals surface area contributed by atoms with Crippen molar-refractivity contribution in [1.82, 2.24) is 19.7 Å². The standard InChI is InChI=1S/C22H23ClIN5O2/c1-15-21(23)22(18-5-3-4-8-25-18)26-29(15)14-20(30)28-11-9-27(10-12-28)16-6-7-17(24)19(13-16)31-2/h3-8,13H,9-12,14H2,1-2H3. The monoisotopic (exact) mass is 551 g/mol. The van der Waals surface area contributed by atoms with Crippen LogP contribution in [-0.4, -0.2) is 58.9 Å². The van der Waals surface area contributed by atoms with Gasteiger partial charge in [0.2, 0.25) is 5.91 Å². The molecule has 4 rings (SSSR count). The minimum Gasteiger partial charge on any atom is -0.496 e. The molecular formula is C22H23ClIN5O2. The molecule has 3 aromatic rings. The van der Waals surface area contributed by atoms with Gasteiger partial charge in [-0.25, -0.2) is 0 Å². The molecule has 7 nitrogen and oxygen atoms in total. The maximum absolute atomic E-state index is 12.9. The van der Waals surface area contributed by atoms with Gasteiger partial charge in [0, 0.05) is 44.1 Å². The van der Waals surface area contributed by atoms with E-state index in [1.54, 1.807) is 18.0 Å².